The molecule has 5 N–H and O–H groups in total. The van der Waals surface area contributed by atoms with E-state index >= 15 is 0 Å². The average molecular weight is 481 g/mol. The highest BCUT2D eigenvalue weighted by molar-refractivity contribution is 6.03. The lowest BCUT2D eigenvalue weighted by Gasteiger charge is -2.17. The van der Waals surface area contributed by atoms with E-state index < -0.39 is 36.0 Å². The first-order chi connectivity index (χ1) is 16.0. The molecule has 0 aliphatic rings. The van der Waals surface area contributed by atoms with Gasteiger partial charge >= 0.3 is 6.18 Å². The van der Waals surface area contributed by atoms with Crippen LogP contribution in [0.1, 0.15) is 16.8 Å². The van der Waals surface area contributed by atoms with Crippen LogP contribution >= 0.6 is 0 Å². The average Bonchev–Trinajstić information content (AvgIpc) is 2.75. The van der Waals surface area contributed by atoms with Crippen LogP contribution in [-0.4, -0.2) is 51.2 Å². The van der Waals surface area contributed by atoms with Crippen LogP contribution in [0.25, 0.3) is 10.9 Å². The number of methoxy groups -OCH3 is 1. The van der Waals surface area contributed by atoms with Gasteiger partial charge in [-0.2, -0.15) is 13.2 Å². The fraction of sp³-hybridized carbons (Fsp3) is 0.263. The Bertz CT molecular complexity index is 1290. The molecule has 0 atom stereocenters. The van der Waals surface area contributed by atoms with Crippen LogP contribution in [0, 0.1) is 0 Å². The summed E-state index contributed by atoms with van der Waals surface area (Å²) in [6, 6.07) is 2.48. The lowest BCUT2D eigenvalue weighted by molar-refractivity contribution is -0.140. The van der Waals surface area contributed by atoms with Crippen LogP contribution in [-0.2, 0) is 11.3 Å². The fourth-order valence-electron chi connectivity index (χ4n) is 2.87. The second-order valence-electron chi connectivity index (χ2n) is 6.78. The van der Waals surface area contributed by atoms with Gasteiger partial charge in [0.1, 0.15) is 12.1 Å². The molecule has 2 amide bonds. The molecule has 0 bridgehead atoms. The molecule has 12 nitrogen and oxygen atoms in total. The number of nitrogen functional groups attached to an aromatic ring is 1. The summed E-state index contributed by atoms with van der Waals surface area (Å²) in [5.41, 5.74) is 9.03. The molecule has 0 saturated heterocycles. The van der Waals surface area contributed by atoms with Crippen molar-refractivity contribution in [3.05, 3.63) is 40.4 Å². The zero-order valence-corrected chi connectivity index (χ0v) is 17.5. The lowest BCUT2D eigenvalue weighted by atomic mass is 10.2. The molecule has 2 aromatic heterocycles. The smallest absolute Gasteiger partial charge is 0.406 e. The number of benzene rings is 1. The van der Waals surface area contributed by atoms with Gasteiger partial charge in [-0.1, -0.05) is 0 Å². The van der Waals surface area contributed by atoms with Gasteiger partial charge in [0.25, 0.3) is 11.5 Å². The number of amides is 2. The quantitative estimate of drug-likeness (QED) is 0.421. The normalized spacial score (nSPS) is 11.3. The van der Waals surface area contributed by atoms with Crippen molar-refractivity contribution in [3.8, 4) is 11.5 Å². The van der Waals surface area contributed by atoms with Crippen molar-refractivity contribution in [2.45, 2.75) is 19.1 Å². The van der Waals surface area contributed by atoms with E-state index in [-0.39, 0.29) is 51.5 Å². The first-order valence-corrected chi connectivity index (χ1v) is 9.48. The molecule has 15 heteroatoms. The third-order valence-electron chi connectivity index (χ3n) is 4.35. The molecule has 0 aliphatic carbocycles. The minimum absolute atomic E-state index is 0.0564. The van der Waals surface area contributed by atoms with E-state index in [1.807, 2.05) is 0 Å². The summed E-state index contributed by atoms with van der Waals surface area (Å²) in [4.78, 5) is 47.8. The van der Waals surface area contributed by atoms with E-state index in [9.17, 15) is 27.6 Å². The Balaban J connectivity index is 2.13. The summed E-state index contributed by atoms with van der Waals surface area (Å²) in [6.45, 7) is -1.84. The van der Waals surface area contributed by atoms with Crippen molar-refractivity contribution in [1.82, 2.24) is 19.5 Å². The third-order valence-corrected chi connectivity index (χ3v) is 4.35. The van der Waals surface area contributed by atoms with Crippen LogP contribution in [0.3, 0.4) is 0 Å². The lowest BCUT2D eigenvalue weighted by Crippen LogP contribution is -2.32. The van der Waals surface area contributed by atoms with Crippen LogP contribution < -0.4 is 31.8 Å². The number of alkyl halides is 3. The number of ether oxygens (including phenoxy) is 2. The summed E-state index contributed by atoms with van der Waals surface area (Å²) < 4.78 is 50.6. The van der Waals surface area contributed by atoms with Gasteiger partial charge in [-0.3, -0.25) is 24.3 Å². The SMILES string of the molecule is COc1c(OCCC(N)=O)ccc2c(=O)n(CC(F)(F)F)c(NC(=O)c3cnc(N)nc3)nc12. The summed E-state index contributed by atoms with van der Waals surface area (Å²) in [6.07, 6.45) is -2.82. The number of hydrogen-bond donors (Lipinski definition) is 3. The highest BCUT2D eigenvalue weighted by Gasteiger charge is 2.31. The maximum Gasteiger partial charge on any atom is 0.406 e. The van der Waals surface area contributed by atoms with Crippen LogP contribution in [0.15, 0.2) is 29.3 Å². The highest BCUT2D eigenvalue weighted by atomic mass is 19.4. The Morgan fingerprint density at radius 3 is 2.47 bits per heavy atom. The number of hydrogen-bond acceptors (Lipinski definition) is 9. The number of fused-ring (bicyclic) bond motifs is 1. The van der Waals surface area contributed by atoms with E-state index in [1.54, 1.807) is 0 Å². The second kappa shape index (κ2) is 9.60. The van der Waals surface area contributed by atoms with Crippen molar-refractivity contribution < 1.29 is 32.2 Å². The van der Waals surface area contributed by atoms with E-state index in [0.717, 1.165) is 12.4 Å². The van der Waals surface area contributed by atoms with Gasteiger partial charge in [0.15, 0.2) is 11.5 Å². The Morgan fingerprint density at radius 2 is 1.88 bits per heavy atom. The van der Waals surface area contributed by atoms with Gasteiger partial charge < -0.3 is 20.9 Å². The predicted octanol–water partition coefficient (Wildman–Crippen LogP) is 0.846. The summed E-state index contributed by atoms with van der Waals surface area (Å²) in [5.74, 6) is -2.42. The maximum absolute atomic E-state index is 13.2. The zero-order valence-electron chi connectivity index (χ0n) is 17.5. The van der Waals surface area contributed by atoms with Crippen molar-refractivity contribution in [3.63, 3.8) is 0 Å². The molecule has 2 heterocycles. The summed E-state index contributed by atoms with van der Waals surface area (Å²) in [7, 11) is 1.22. The predicted molar refractivity (Wildman–Crippen MR) is 112 cm³/mol. The zero-order chi connectivity index (χ0) is 25.0. The Kier molecular flexibility index (Phi) is 6.84. The summed E-state index contributed by atoms with van der Waals surface area (Å²) in [5, 5.41) is 1.94. The van der Waals surface area contributed by atoms with Crippen LogP contribution in [0.5, 0.6) is 11.5 Å². The van der Waals surface area contributed by atoms with Crippen molar-refractivity contribution >= 4 is 34.6 Å². The van der Waals surface area contributed by atoms with Gasteiger partial charge in [0, 0.05) is 12.4 Å². The van der Waals surface area contributed by atoms with Gasteiger partial charge in [0.05, 0.1) is 31.1 Å². The molecule has 0 radical (unpaired) electrons. The summed E-state index contributed by atoms with van der Waals surface area (Å²) >= 11 is 0. The fourth-order valence-corrected chi connectivity index (χ4v) is 2.87. The van der Waals surface area contributed by atoms with E-state index in [2.05, 4.69) is 20.3 Å². The minimum atomic E-state index is -4.80. The van der Waals surface area contributed by atoms with Crippen LogP contribution in [0.2, 0.25) is 0 Å². The van der Waals surface area contributed by atoms with Crippen molar-refractivity contribution in [2.24, 2.45) is 5.73 Å². The Hall–Kier alpha value is -4.43. The van der Waals surface area contributed by atoms with Crippen LogP contribution in [0.4, 0.5) is 25.1 Å². The minimum Gasteiger partial charge on any atom is -0.491 e. The van der Waals surface area contributed by atoms with Gasteiger partial charge in [-0.25, -0.2) is 15.0 Å². The second-order valence-corrected chi connectivity index (χ2v) is 6.78. The molecule has 0 aliphatic heterocycles. The monoisotopic (exact) mass is 481 g/mol. The number of nitrogens with zero attached hydrogens (tertiary/aromatic N) is 4. The molecular weight excluding hydrogens is 463 g/mol. The molecule has 0 spiro atoms. The number of halogens is 3. The number of nitrogens with one attached hydrogen (secondary N) is 1. The molecule has 3 rings (SSSR count). The molecule has 0 unspecified atom stereocenters. The van der Waals surface area contributed by atoms with Crippen molar-refractivity contribution in [1.29, 1.82) is 0 Å². The molecule has 180 valence electrons. The third kappa shape index (κ3) is 5.48. The molecule has 3 aromatic rings. The standard InChI is InChI=1S/C19H18F3N7O5/c1-33-14-11(34-5-4-12(23)30)3-2-10-13(14)27-18(29(16(10)32)8-19(20,21)22)28-15(31)9-6-25-17(24)26-7-9/h2-3,6-7H,4-5,8H2,1H3,(H2,23,30)(H2,24,25,26)(H,27,28,31). The molecule has 34 heavy (non-hydrogen) atoms. The molecule has 1 aromatic carbocycles. The van der Waals surface area contributed by atoms with Gasteiger partial charge in [-0.05, 0) is 12.1 Å². The van der Waals surface area contributed by atoms with E-state index in [1.165, 1.54) is 19.2 Å². The largest absolute Gasteiger partial charge is 0.491 e. The van der Waals surface area contributed by atoms with Crippen molar-refractivity contribution in [2.75, 3.05) is 24.8 Å². The molecular formula is C19H18F3N7O5. The van der Waals surface area contributed by atoms with E-state index in [4.69, 9.17) is 20.9 Å². The topological polar surface area (TPSA) is 177 Å². The van der Waals surface area contributed by atoms with Gasteiger partial charge in [-0.15, -0.1) is 0 Å². The number of rotatable bonds is 8. The first kappa shape index (κ1) is 24.2. The highest BCUT2D eigenvalue weighted by Crippen LogP contribution is 2.34. The number of aromatic nitrogens is 4. The van der Waals surface area contributed by atoms with E-state index in [0.29, 0.717) is 0 Å². The maximum atomic E-state index is 13.2. The van der Waals surface area contributed by atoms with Gasteiger partial charge in [0.2, 0.25) is 17.8 Å². The Labute approximate surface area is 188 Å². The number of carbonyl (C=O) groups is 2. The first-order valence-electron chi connectivity index (χ1n) is 9.48. The number of anilines is 2. The Morgan fingerprint density at radius 1 is 1.21 bits per heavy atom. The molecule has 0 fully saturated rings. The number of nitrogens with two attached hydrogens (primary N) is 2. The molecule has 0 saturated carbocycles. The number of primary amides is 1. The number of carbonyl (C=O) groups excluding carboxylic acids is 2.